The van der Waals surface area contributed by atoms with Gasteiger partial charge in [-0.3, -0.25) is 4.79 Å². The monoisotopic (exact) mass is 432 g/mol. The highest BCUT2D eigenvalue weighted by molar-refractivity contribution is 6.31. The van der Waals surface area contributed by atoms with Crippen molar-refractivity contribution in [3.8, 4) is 11.8 Å². The number of hydrogen-bond acceptors (Lipinski definition) is 5. The maximum absolute atomic E-state index is 13.2. The number of benzene rings is 2. The van der Waals surface area contributed by atoms with Crippen molar-refractivity contribution >= 4 is 23.3 Å². The molecule has 1 saturated heterocycles. The Kier molecular flexibility index (Phi) is 6.34. The molecule has 0 radical (unpaired) electrons. The van der Waals surface area contributed by atoms with Crippen LogP contribution in [0.25, 0.3) is 0 Å². The molecule has 3 aromatic rings. The number of nitriles is 1. The summed E-state index contributed by atoms with van der Waals surface area (Å²) in [7, 11) is 0. The third-order valence-electron chi connectivity index (χ3n) is 5.22. The summed E-state index contributed by atoms with van der Waals surface area (Å²) in [5, 5.41) is 9.73. The fraction of sp³-hybridized carbons (Fsp3) is 0.208. The van der Waals surface area contributed by atoms with Gasteiger partial charge in [-0.05, 0) is 30.3 Å². The number of hydrogen-bond donors (Lipinski definition) is 0. The zero-order chi connectivity index (χ0) is 21.6. The van der Waals surface area contributed by atoms with Crippen molar-refractivity contribution in [2.45, 2.75) is 6.61 Å². The van der Waals surface area contributed by atoms with Crippen molar-refractivity contribution in [2.24, 2.45) is 0 Å². The van der Waals surface area contributed by atoms with Gasteiger partial charge in [0.1, 0.15) is 18.2 Å². The van der Waals surface area contributed by atoms with Crippen LogP contribution in [0.15, 0.2) is 66.9 Å². The molecule has 0 spiro atoms. The first-order chi connectivity index (χ1) is 15.2. The molecule has 6 nitrogen and oxygen atoms in total. The molecule has 0 N–H and O–H groups in total. The molecule has 0 saturated carbocycles. The van der Waals surface area contributed by atoms with Gasteiger partial charge in [0, 0.05) is 43.0 Å². The van der Waals surface area contributed by atoms with Crippen molar-refractivity contribution in [1.82, 2.24) is 9.88 Å². The van der Waals surface area contributed by atoms with E-state index < -0.39 is 0 Å². The van der Waals surface area contributed by atoms with Gasteiger partial charge < -0.3 is 14.5 Å². The van der Waals surface area contributed by atoms with Gasteiger partial charge in [-0.2, -0.15) is 5.26 Å². The lowest BCUT2D eigenvalue weighted by molar-refractivity contribution is 0.0741. The third kappa shape index (κ3) is 4.79. The van der Waals surface area contributed by atoms with E-state index in [-0.39, 0.29) is 5.91 Å². The number of nitrogens with zero attached hydrogens (tertiary/aromatic N) is 4. The molecule has 1 aromatic heterocycles. The summed E-state index contributed by atoms with van der Waals surface area (Å²) in [4.78, 5) is 21.4. The van der Waals surface area contributed by atoms with Crippen molar-refractivity contribution in [1.29, 1.82) is 5.26 Å². The zero-order valence-electron chi connectivity index (χ0n) is 16.9. The largest absolute Gasteiger partial charge is 0.488 e. The number of ether oxygens (including phenoxy) is 1. The van der Waals surface area contributed by atoms with Crippen LogP contribution in [0.4, 0.5) is 5.82 Å². The van der Waals surface area contributed by atoms with Crippen LogP contribution in [0.5, 0.6) is 5.75 Å². The minimum atomic E-state index is -0.0619. The van der Waals surface area contributed by atoms with Gasteiger partial charge in [0.25, 0.3) is 5.91 Å². The Morgan fingerprint density at radius 2 is 1.81 bits per heavy atom. The molecule has 0 unspecified atom stereocenters. The summed E-state index contributed by atoms with van der Waals surface area (Å²) in [6.07, 6.45) is 1.64. The molecule has 7 heteroatoms. The topological polar surface area (TPSA) is 69.5 Å². The summed E-state index contributed by atoms with van der Waals surface area (Å²) in [5.41, 5.74) is 1.98. The highest BCUT2D eigenvalue weighted by Crippen LogP contribution is 2.24. The molecule has 0 aliphatic carbocycles. The first-order valence-electron chi connectivity index (χ1n) is 10.0. The first-order valence-corrected chi connectivity index (χ1v) is 10.4. The average molecular weight is 433 g/mol. The van der Waals surface area contributed by atoms with E-state index >= 15 is 0 Å². The number of carbonyl (C=O) groups excluding carboxylic acids is 1. The van der Waals surface area contributed by atoms with Crippen LogP contribution in [-0.2, 0) is 6.61 Å². The molecule has 31 heavy (non-hydrogen) atoms. The van der Waals surface area contributed by atoms with E-state index in [1.54, 1.807) is 30.5 Å². The Bertz CT molecular complexity index is 1120. The fourth-order valence-corrected chi connectivity index (χ4v) is 3.70. The van der Waals surface area contributed by atoms with Gasteiger partial charge in [-0.15, -0.1) is 0 Å². The summed E-state index contributed by atoms with van der Waals surface area (Å²) in [5.74, 6) is 1.24. The predicted octanol–water partition coefficient (Wildman–Crippen LogP) is 4.15. The fourth-order valence-electron chi connectivity index (χ4n) is 3.51. The van der Waals surface area contributed by atoms with Crippen molar-refractivity contribution in [3.05, 3.63) is 88.6 Å². The number of para-hydroxylation sites is 1. The SMILES string of the molecule is N#Cc1ccnc(N2CCN(C(=O)c3ccccc3OCc3ccccc3Cl)CC2)c1. The molecule has 1 amide bonds. The lowest BCUT2D eigenvalue weighted by atomic mass is 10.1. The van der Waals surface area contributed by atoms with Crippen molar-refractivity contribution in [2.75, 3.05) is 31.1 Å². The van der Waals surface area contributed by atoms with E-state index in [0.717, 1.165) is 11.4 Å². The minimum Gasteiger partial charge on any atom is -0.488 e. The maximum Gasteiger partial charge on any atom is 0.257 e. The predicted molar refractivity (Wildman–Crippen MR) is 119 cm³/mol. The van der Waals surface area contributed by atoms with Gasteiger partial charge in [-0.25, -0.2) is 4.98 Å². The van der Waals surface area contributed by atoms with Crippen LogP contribution in [0.2, 0.25) is 5.02 Å². The normalized spacial score (nSPS) is 13.5. The number of rotatable bonds is 5. The molecule has 156 valence electrons. The minimum absolute atomic E-state index is 0.0619. The number of amides is 1. The molecule has 2 aromatic carbocycles. The smallest absolute Gasteiger partial charge is 0.257 e. The summed E-state index contributed by atoms with van der Waals surface area (Å²) >= 11 is 6.22. The Morgan fingerprint density at radius 3 is 2.58 bits per heavy atom. The molecule has 0 atom stereocenters. The lowest BCUT2D eigenvalue weighted by Gasteiger charge is -2.35. The Hall–Kier alpha value is -3.56. The Labute approximate surface area is 186 Å². The van der Waals surface area contributed by atoms with E-state index in [0.29, 0.717) is 54.7 Å². The van der Waals surface area contributed by atoms with Gasteiger partial charge in [0.05, 0.1) is 17.2 Å². The number of piperazine rings is 1. The van der Waals surface area contributed by atoms with Crippen LogP contribution in [-0.4, -0.2) is 42.0 Å². The van der Waals surface area contributed by atoms with Gasteiger partial charge in [0.2, 0.25) is 0 Å². The van der Waals surface area contributed by atoms with Crippen molar-refractivity contribution in [3.63, 3.8) is 0 Å². The molecule has 2 heterocycles. The second kappa shape index (κ2) is 9.50. The molecule has 1 fully saturated rings. The van der Waals surface area contributed by atoms with Crippen LogP contribution in [0.1, 0.15) is 21.5 Å². The third-order valence-corrected chi connectivity index (χ3v) is 5.59. The Morgan fingerprint density at radius 1 is 1.06 bits per heavy atom. The summed E-state index contributed by atoms with van der Waals surface area (Å²) in [6.45, 7) is 2.72. The zero-order valence-corrected chi connectivity index (χ0v) is 17.6. The second-order valence-electron chi connectivity index (χ2n) is 7.17. The number of halogens is 1. The van der Waals surface area contributed by atoms with Crippen LogP contribution in [0, 0.1) is 11.3 Å². The second-order valence-corrected chi connectivity index (χ2v) is 7.58. The van der Waals surface area contributed by atoms with Gasteiger partial charge in [0.15, 0.2) is 0 Å². The Balaban J connectivity index is 1.42. The number of pyridine rings is 1. The van der Waals surface area contributed by atoms with Crippen molar-refractivity contribution < 1.29 is 9.53 Å². The van der Waals surface area contributed by atoms with E-state index in [2.05, 4.69) is 16.0 Å². The molecule has 0 bridgehead atoms. The van der Waals surface area contributed by atoms with E-state index in [9.17, 15) is 4.79 Å². The highest BCUT2D eigenvalue weighted by Gasteiger charge is 2.25. The molecule has 1 aliphatic rings. The van der Waals surface area contributed by atoms with Crippen LogP contribution < -0.4 is 9.64 Å². The van der Waals surface area contributed by atoms with Gasteiger partial charge in [-0.1, -0.05) is 41.9 Å². The van der Waals surface area contributed by atoms with Crippen LogP contribution >= 0.6 is 11.6 Å². The summed E-state index contributed by atoms with van der Waals surface area (Å²) < 4.78 is 5.95. The lowest BCUT2D eigenvalue weighted by Crippen LogP contribution is -2.49. The standard InChI is InChI=1S/C24H21ClN4O2/c25-21-7-3-1-5-19(21)17-31-22-8-4-2-6-20(22)24(30)29-13-11-28(12-14-29)23-15-18(16-26)9-10-27-23/h1-10,15H,11-14,17H2. The number of carbonyl (C=O) groups is 1. The van der Waals surface area contributed by atoms with Gasteiger partial charge >= 0.3 is 0 Å². The van der Waals surface area contributed by atoms with Crippen LogP contribution in [0.3, 0.4) is 0 Å². The summed E-state index contributed by atoms with van der Waals surface area (Å²) in [6, 6.07) is 20.4. The molecular formula is C24H21ClN4O2. The first kappa shape index (κ1) is 20.7. The quantitative estimate of drug-likeness (QED) is 0.605. The number of aromatic nitrogens is 1. The highest BCUT2D eigenvalue weighted by atomic mass is 35.5. The van der Waals surface area contributed by atoms with E-state index in [1.165, 1.54) is 0 Å². The van der Waals surface area contributed by atoms with E-state index in [1.807, 2.05) is 41.3 Å². The number of anilines is 1. The molecular weight excluding hydrogens is 412 g/mol. The average Bonchev–Trinajstić information content (AvgIpc) is 2.83. The molecule has 4 rings (SSSR count). The maximum atomic E-state index is 13.2. The molecule has 1 aliphatic heterocycles. The van der Waals surface area contributed by atoms with E-state index in [4.69, 9.17) is 21.6 Å².